The molecule has 1 aromatic heterocycles. The average Bonchev–Trinajstić information content (AvgIpc) is 2.37. The van der Waals surface area contributed by atoms with Crippen molar-refractivity contribution in [1.29, 1.82) is 0 Å². The summed E-state index contributed by atoms with van der Waals surface area (Å²) in [6, 6.07) is 8.86. The van der Waals surface area contributed by atoms with Crippen LogP contribution in [0.5, 0.6) is 0 Å². The molecule has 92 valence electrons. The van der Waals surface area contributed by atoms with Crippen molar-refractivity contribution in [3.63, 3.8) is 0 Å². The molecule has 0 amide bonds. The van der Waals surface area contributed by atoms with Gasteiger partial charge in [-0.1, -0.05) is 12.1 Å². The molecule has 0 bridgehead atoms. The molecule has 0 saturated carbocycles. The lowest BCUT2D eigenvalue weighted by Gasteiger charge is -2.16. The molecule has 0 N–H and O–H groups in total. The smallest absolute Gasteiger partial charge is 0.126 e. The molecule has 3 rings (SSSR count). The summed E-state index contributed by atoms with van der Waals surface area (Å²) in [5.41, 5.74) is 6.34. The summed E-state index contributed by atoms with van der Waals surface area (Å²) in [5, 5.41) is 0. The summed E-state index contributed by atoms with van der Waals surface area (Å²) in [7, 11) is 0. The van der Waals surface area contributed by atoms with Crippen LogP contribution < -0.4 is 0 Å². The van der Waals surface area contributed by atoms with Crippen LogP contribution in [0.4, 0.5) is 0 Å². The van der Waals surface area contributed by atoms with E-state index >= 15 is 0 Å². The normalized spacial score (nSPS) is 14.3. The summed E-state index contributed by atoms with van der Waals surface area (Å²) < 4.78 is 0. The molecule has 1 aliphatic rings. The van der Waals surface area contributed by atoms with Crippen molar-refractivity contribution in [2.45, 2.75) is 39.5 Å². The molecule has 0 aliphatic heterocycles. The Morgan fingerprint density at radius 1 is 0.889 bits per heavy atom. The molecule has 1 heterocycles. The van der Waals surface area contributed by atoms with Crippen molar-refractivity contribution in [3.8, 4) is 11.3 Å². The van der Waals surface area contributed by atoms with Gasteiger partial charge in [-0.25, -0.2) is 9.97 Å². The van der Waals surface area contributed by atoms with Crippen molar-refractivity contribution in [2.24, 2.45) is 0 Å². The van der Waals surface area contributed by atoms with Gasteiger partial charge in [0.1, 0.15) is 5.82 Å². The van der Waals surface area contributed by atoms with E-state index < -0.39 is 0 Å². The highest BCUT2D eigenvalue weighted by Crippen LogP contribution is 2.26. The first-order chi connectivity index (χ1) is 8.72. The van der Waals surface area contributed by atoms with Crippen LogP contribution in [-0.4, -0.2) is 9.97 Å². The molecule has 0 radical (unpaired) electrons. The number of nitrogens with zero attached hydrogens (tertiary/aromatic N) is 2. The average molecular weight is 238 g/mol. The van der Waals surface area contributed by atoms with Gasteiger partial charge in [0.25, 0.3) is 0 Å². The first-order valence-electron chi connectivity index (χ1n) is 6.67. The van der Waals surface area contributed by atoms with Gasteiger partial charge in [0.15, 0.2) is 0 Å². The van der Waals surface area contributed by atoms with Crippen LogP contribution in [0.3, 0.4) is 0 Å². The van der Waals surface area contributed by atoms with E-state index in [0.29, 0.717) is 0 Å². The van der Waals surface area contributed by atoms with Crippen molar-refractivity contribution in [1.82, 2.24) is 9.97 Å². The van der Waals surface area contributed by atoms with Gasteiger partial charge in [-0.2, -0.15) is 0 Å². The molecule has 0 atom stereocenters. The Labute approximate surface area is 108 Å². The third kappa shape index (κ3) is 2.15. The van der Waals surface area contributed by atoms with Gasteiger partial charge >= 0.3 is 0 Å². The zero-order chi connectivity index (χ0) is 12.5. The summed E-state index contributed by atoms with van der Waals surface area (Å²) >= 11 is 0. The first-order valence-corrected chi connectivity index (χ1v) is 6.67. The van der Waals surface area contributed by atoms with Gasteiger partial charge in [0.05, 0.1) is 5.69 Å². The van der Waals surface area contributed by atoms with E-state index in [2.05, 4.69) is 34.2 Å². The number of aromatic nitrogens is 2. The standard InChI is InChI=1S/C16H18N2/c1-11-9-16(18-12(2)17-11)15-8-7-13-5-3-4-6-14(13)10-15/h7-10H,3-6H2,1-2H3. The second kappa shape index (κ2) is 4.52. The molecule has 0 fully saturated rings. The molecule has 2 heteroatoms. The summed E-state index contributed by atoms with van der Waals surface area (Å²) in [4.78, 5) is 8.88. The molecule has 0 unspecified atom stereocenters. The number of hydrogen-bond acceptors (Lipinski definition) is 2. The minimum absolute atomic E-state index is 0.850. The predicted molar refractivity (Wildman–Crippen MR) is 73.6 cm³/mol. The monoisotopic (exact) mass is 238 g/mol. The lowest BCUT2D eigenvalue weighted by Crippen LogP contribution is -2.03. The Bertz CT molecular complexity index is 567. The highest BCUT2D eigenvalue weighted by Gasteiger charge is 2.11. The van der Waals surface area contributed by atoms with Gasteiger partial charge in [-0.3, -0.25) is 0 Å². The van der Waals surface area contributed by atoms with E-state index in [1.165, 1.54) is 42.4 Å². The van der Waals surface area contributed by atoms with Crippen molar-refractivity contribution < 1.29 is 0 Å². The maximum Gasteiger partial charge on any atom is 0.126 e. The molecule has 2 aromatic rings. The number of rotatable bonds is 1. The highest BCUT2D eigenvalue weighted by atomic mass is 14.9. The Morgan fingerprint density at radius 2 is 1.67 bits per heavy atom. The van der Waals surface area contributed by atoms with Gasteiger partial charge in [-0.15, -0.1) is 0 Å². The van der Waals surface area contributed by atoms with Crippen molar-refractivity contribution in [3.05, 3.63) is 46.9 Å². The van der Waals surface area contributed by atoms with Crippen molar-refractivity contribution >= 4 is 0 Å². The van der Waals surface area contributed by atoms with Gasteiger partial charge in [-0.05, 0) is 62.8 Å². The summed E-state index contributed by atoms with van der Waals surface area (Å²) in [6.45, 7) is 3.98. The number of benzene rings is 1. The maximum atomic E-state index is 4.54. The number of fused-ring (bicyclic) bond motifs is 1. The zero-order valence-electron chi connectivity index (χ0n) is 11.0. The minimum atomic E-state index is 0.850. The molecule has 1 aliphatic carbocycles. The third-order valence-electron chi connectivity index (χ3n) is 3.61. The maximum absolute atomic E-state index is 4.54. The quantitative estimate of drug-likeness (QED) is 0.758. The Hall–Kier alpha value is -1.70. The zero-order valence-corrected chi connectivity index (χ0v) is 11.0. The van der Waals surface area contributed by atoms with Crippen molar-refractivity contribution in [2.75, 3.05) is 0 Å². The van der Waals surface area contributed by atoms with Gasteiger partial charge < -0.3 is 0 Å². The molecular weight excluding hydrogens is 220 g/mol. The number of aryl methyl sites for hydroxylation is 4. The molecule has 0 saturated heterocycles. The van der Waals surface area contributed by atoms with Crippen LogP contribution in [0.1, 0.15) is 35.5 Å². The van der Waals surface area contributed by atoms with Crippen LogP contribution >= 0.6 is 0 Å². The fourth-order valence-electron chi connectivity index (χ4n) is 2.76. The summed E-state index contributed by atoms with van der Waals surface area (Å²) in [5.74, 6) is 0.850. The van der Waals surface area contributed by atoms with E-state index in [-0.39, 0.29) is 0 Å². The summed E-state index contributed by atoms with van der Waals surface area (Å²) in [6.07, 6.45) is 5.10. The predicted octanol–water partition coefficient (Wildman–Crippen LogP) is 3.64. The minimum Gasteiger partial charge on any atom is -0.239 e. The molecular formula is C16H18N2. The SMILES string of the molecule is Cc1cc(-c2ccc3c(c2)CCCC3)nc(C)n1. The fourth-order valence-corrected chi connectivity index (χ4v) is 2.76. The van der Waals surface area contributed by atoms with Crippen LogP contribution in [0.25, 0.3) is 11.3 Å². The van der Waals surface area contributed by atoms with Crippen LogP contribution in [-0.2, 0) is 12.8 Å². The van der Waals surface area contributed by atoms with E-state index in [1.54, 1.807) is 0 Å². The number of hydrogen-bond donors (Lipinski definition) is 0. The first kappa shape index (κ1) is 11.4. The molecule has 18 heavy (non-hydrogen) atoms. The van der Waals surface area contributed by atoms with E-state index in [4.69, 9.17) is 0 Å². The fraction of sp³-hybridized carbons (Fsp3) is 0.375. The second-order valence-corrected chi connectivity index (χ2v) is 5.13. The van der Waals surface area contributed by atoms with E-state index in [9.17, 15) is 0 Å². The third-order valence-corrected chi connectivity index (χ3v) is 3.61. The Balaban J connectivity index is 2.06. The largest absolute Gasteiger partial charge is 0.239 e. The second-order valence-electron chi connectivity index (χ2n) is 5.13. The molecule has 2 nitrogen and oxygen atoms in total. The van der Waals surface area contributed by atoms with Crippen LogP contribution in [0.15, 0.2) is 24.3 Å². The van der Waals surface area contributed by atoms with Gasteiger partial charge in [0, 0.05) is 11.3 Å². The van der Waals surface area contributed by atoms with E-state index in [0.717, 1.165) is 17.2 Å². The molecule has 1 aromatic carbocycles. The van der Waals surface area contributed by atoms with Crippen LogP contribution in [0, 0.1) is 13.8 Å². The lowest BCUT2D eigenvalue weighted by molar-refractivity contribution is 0.686. The molecule has 0 spiro atoms. The Morgan fingerprint density at radius 3 is 2.44 bits per heavy atom. The topological polar surface area (TPSA) is 25.8 Å². The van der Waals surface area contributed by atoms with E-state index in [1.807, 2.05) is 13.8 Å². The highest BCUT2D eigenvalue weighted by molar-refractivity contribution is 5.61. The Kier molecular flexibility index (Phi) is 2.86. The van der Waals surface area contributed by atoms with Crippen LogP contribution in [0.2, 0.25) is 0 Å². The van der Waals surface area contributed by atoms with Gasteiger partial charge in [0.2, 0.25) is 0 Å². The lowest BCUT2D eigenvalue weighted by atomic mass is 9.90.